The number of anilines is 1. The van der Waals surface area contributed by atoms with Crippen LogP contribution in [0.15, 0.2) is 116 Å². The first-order chi connectivity index (χ1) is 21.7. The van der Waals surface area contributed by atoms with Gasteiger partial charge in [0.2, 0.25) is 0 Å². The van der Waals surface area contributed by atoms with Gasteiger partial charge in [0.05, 0.1) is 37.8 Å². The second-order valence-corrected chi connectivity index (χ2v) is 12.2. The fraction of sp³-hybridized carbons (Fsp3) is 0.395. The largest absolute Gasteiger partial charge is 0.370 e. The Bertz CT molecular complexity index is 1370. The molecule has 6 nitrogen and oxygen atoms in total. The van der Waals surface area contributed by atoms with Gasteiger partial charge in [0.25, 0.3) is 0 Å². The van der Waals surface area contributed by atoms with Gasteiger partial charge in [-0.25, -0.2) is 0 Å². The van der Waals surface area contributed by atoms with E-state index in [1.165, 1.54) is 16.8 Å². The summed E-state index contributed by atoms with van der Waals surface area (Å²) in [5, 5.41) is 0. The molecule has 0 radical (unpaired) electrons. The molecule has 0 unspecified atom stereocenters. The van der Waals surface area contributed by atoms with Crippen LogP contribution in [0, 0.1) is 5.92 Å². The zero-order chi connectivity index (χ0) is 30.0. The summed E-state index contributed by atoms with van der Waals surface area (Å²) >= 11 is 0. The van der Waals surface area contributed by atoms with Gasteiger partial charge in [-0.3, -0.25) is 9.88 Å². The summed E-state index contributed by atoms with van der Waals surface area (Å²) < 4.78 is 20.3. The van der Waals surface area contributed by atoms with Gasteiger partial charge in [0, 0.05) is 38.4 Å². The smallest absolute Gasteiger partial charge is 0.113 e. The summed E-state index contributed by atoms with van der Waals surface area (Å²) in [5.41, 5.74) is 4.72. The van der Waals surface area contributed by atoms with Crippen molar-refractivity contribution in [3.63, 3.8) is 0 Å². The van der Waals surface area contributed by atoms with Gasteiger partial charge in [-0.2, -0.15) is 0 Å². The Hall–Kier alpha value is -3.55. The maximum absolute atomic E-state index is 6.80. The van der Waals surface area contributed by atoms with Crippen LogP contribution in [0.3, 0.4) is 0 Å². The second-order valence-electron chi connectivity index (χ2n) is 12.2. The van der Waals surface area contributed by atoms with E-state index in [4.69, 9.17) is 14.2 Å². The second kappa shape index (κ2) is 15.4. The third-order valence-electron chi connectivity index (χ3n) is 9.15. The number of hydrogen-bond donors (Lipinski definition) is 0. The van der Waals surface area contributed by atoms with Crippen LogP contribution in [0.5, 0.6) is 0 Å². The minimum absolute atomic E-state index is 0.119. The van der Waals surface area contributed by atoms with E-state index in [1.807, 2.05) is 36.7 Å². The number of rotatable bonds is 12. The third kappa shape index (κ3) is 8.13. The average Bonchev–Trinajstić information content (AvgIpc) is 3.09. The molecule has 4 aromatic rings. The van der Waals surface area contributed by atoms with Crippen molar-refractivity contribution in [3.8, 4) is 0 Å². The Morgan fingerprint density at radius 3 is 1.75 bits per heavy atom. The molecule has 3 heterocycles. The van der Waals surface area contributed by atoms with E-state index in [-0.39, 0.29) is 24.4 Å². The molecule has 4 atom stereocenters. The summed E-state index contributed by atoms with van der Waals surface area (Å²) in [6.07, 6.45) is 5.70. The highest BCUT2D eigenvalue weighted by Gasteiger charge is 2.44. The Morgan fingerprint density at radius 1 is 0.659 bits per heavy atom. The van der Waals surface area contributed by atoms with Gasteiger partial charge in [0.1, 0.15) is 12.2 Å². The molecule has 0 N–H and O–H groups in total. The van der Waals surface area contributed by atoms with Gasteiger partial charge in [-0.15, -0.1) is 0 Å². The molecule has 0 aliphatic carbocycles. The van der Waals surface area contributed by atoms with Gasteiger partial charge in [-0.1, -0.05) is 91.0 Å². The van der Waals surface area contributed by atoms with Gasteiger partial charge >= 0.3 is 0 Å². The highest BCUT2D eigenvalue weighted by Crippen LogP contribution is 2.31. The van der Waals surface area contributed by atoms with Crippen LogP contribution >= 0.6 is 0 Å². The molecule has 1 aromatic heterocycles. The van der Waals surface area contributed by atoms with Crippen molar-refractivity contribution in [2.45, 2.75) is 63.9 Å². The Labute approximate surface area is 262 Å². The summed E-state index contributed by atoms with van der Waals surface area (Å²) in [6.45, 7) is 7.91. The van der Waals surface area contributed by atoms with E-state index in [1.54, 1.807) is 0 Å². The molecule has 2 aliphatic heterocycles. The zero-order valence-corrected chi connectivity index (χ0v) is 25.8. The minimum atomic E-state index is -0.193. The molecule has 44 heavy (non-hydrogen) atoms. The SMILES string of the molecule is C[C@@H]1[C@@H](OCc2ccccc2)[C@H](OCc2ccccc2)[C@@H](OCc2ccccc2)CN1CC1CCN(c2cccnc2)CC1. The molecule has 2 aliphatic rings. The van der Waals surface area contributed by atoms with Crippen molar-refractivity contribution in [1.29, 1.82) is 0 Å². The fourth-order valence-electron chi connectivity index (χ4n) is 6.58. The maximum Gasteiger partial charge on any atom is 0.113 e. The molecule has 6 rings (SSSR count). The Kier molecular flexibility index (Phi) is 10.7. The number of nitrogens with zero attached hydrogens (tertiary/aromatic N) is 3. The highest BCUT2D eigenvalue weighted by atomic mass is 16.6. The topological polar surface area (TPSA) is 47.1 Å². The van der Waals surface area contributed by atoms with Crippen molar-refractivity contribution >= 4 is 5.69 Å². The van der Waals surface area contributed by atoms with Gasteiger partial charge in [0.15, 0.2) is 0 Å². The molecule has 6 heteroatoms. The molecule has 230 valence electrons. The lowest BCUT2D eigenvalue weighted by Crippen LogP contribution is -2.63. The monoisotopic (exact) mass is 591 g/mol. The Balaban J connectivity index is 1.19. The van der Waals surface area contributed by atoms with E-state index >= 15 is 0 Å². The first kappa shape index (κ1) is 30.5. The van der Waals surface area contributed by atoms with E-state index in [9.17, 15) is 0 Å². The van der Waals surface area contributed by atoms with Crippen LogP contribution in [-0.4, -0.2) is 60.4 Å². The molecule has 3 aromatic carbocycles. The number of hydrogen-bond acceptors (Lipinski definition) is 6. The van der Waals surface area contributed by atoms with Crippen molar-refractivity contribution in [1.82, 2.24) is 9.88 Å². The summed E-state index contributed by atoms with van der Waals surface area (Å²) in [7, 11) is 0. The van der Waals surface area contributed by atoms with Gasteiger partial charge < -0.3 is 19.1 Å². The van der Waals surface area contributed by atoms with Crippen LogP contribution in [-0.2, 0) is 34.0 Å². The van der Waals surface area contributed by atoms with E-state index in [0.29, 0.717) is 25.7 Å². The molecular weight excluding hydrogens is 546 g/mol. The number of aromatic nitrogens is 1. The van der Waals surface area contributed by atoms with Crippen LogP contribution in [0.1, 0.15) is 36.5 Å². The molecule has 2 saturated heterocycles. The molecule has 0 bridgehead atoms. The summed E-state index contributed by atoms with van der Waals surface area (Å²) in [4.78, 5) is 9.41. The third-order valence-corrected chi connectivity index (χ3v) is 9.15. The van der Waals surface area contributed by atoms with Crippen LogP contribution in [0.2, 0.25) is 0 Å². The number of piperidine rings is 2. The number of benzene rings is 3. The van der Waals surface area contributed by atoms with Crippen molar-refractivity contribution in [2.75, 3.05) is 31.1 Å². The van der Waals surface area contributed by atoms with E-state index in [2.05, 4.69) is 101 Å². The quantitative estimate of drug-likeness (QED) is 0.182. The van der Waals surface area contributed by atoms with Crippen LogP contribution < -0.4 is 4.90 Å². The highest BCUT2D eigenvalue weighted by molar-refractivity contribution is 5.43. The van der Waals surface area contributed by atoms with E-state index in [0.717, 1.165) is 44.6 Å². The van der Waals surface area contributed by atoms with Crippen molar-refractivity contribution < 1.29 is 14.2 Å². The lowest BCUT2D eigenvalue weighted by molar-refractivity contribution is -0.202. The fourth-order valence-corrected chi connectivity index (χ4v) is 6.58. The van der Waals surface area contributed by atoms with Crippen LogP contribution in [0.25, 0.3) is 0 Å². The minimum Gasteiger partial charge on any atom is -0.370 e. The normalized spacial score (nSPS) is 23.1. The summed E-state index contributed by atoms with van der Waals surface area (Å²) in [5.74, 6) is 0.622. The Morgan fingerprint density at radius 2 is 1.20 bits per heavy atom. The molecule has 0 spiro atoms. The average molecular weight is 592 g/mol. The molecule has 0 saturated carbocycles. The molecular formula is C38H45N3O3. The van der Waals surface area contributed by atoms with Gasteiger partial charge in [-0.05, 0) is 54.5 Å². The number of pyridine rings is 1. The lowest BCUT2D eigenvalue weighted by Gasteiger charge is -2.49. The number of ether oxygens (including phenoxy) is 3. The first-order valence-electron chi connectivity index (χ1n) is 16.1. The van der Waals surface area contributed by atoms with Crippen LogP contribution in [0.4, 0.5) is 5.69 Å². The number of likely N-dealkylation sites (tertiary alicyclic amines) is 1. The summed E-state index contributed by atoms with van der Waals surface area (Å²) in [6, 6.07) is 35.7. The zero-order valence-electron chi connectivity index (χ0n) is 25.8. The predicted molar refractivity (Wildman–Crippen MR) is 175 cm³/mol. The molecule has 0 amide bonds. The predicted octanol–water partition coefficient (Wildman–Crippen LogP) is 6.76. The first-order valence-corrected chi connectivity index (χ1v) is 16.1. The van der Waals surface area contributed by atoms with Crippen molar-refractivity contribution in [2.24, 2.45) is 5.92 Å². The molecule has 2 fully saturated rings. The van der Waals surface area contributed by atoms with E-state index < -0.39 is 0 Å². The standard InChI is InChI=1S/C38H45N3O3/c1-30-37(43-28-33-14-7-3-8-15-33)38(44-29-34-16-9-4-10-17-34)36(42-27-32-12-5-2-6-13-32)26-41(30)25-31-19-22-40(23-20-31)35-18-11-21-39-24-35/h2-18,21,24,30-31,36-38H,19-20,22-23,25-29H2,1H3/t30-,36+,37-,38-/m1/s1. The maximum atomic E-state index is 6.80. The van der Waals surface area contributed by atoms with Crippen molar-refractivity contribution in [3.05, 3.63) is 132 Å². The lowest BCUT2D eigenvalue weighted by atomic mass is 9.90.